The van der Waals surface area contributed by atoms with Gasteiger partial charge in [0.15, 0.2) is 4.34 Å². The zero-order chi connectivity index (χ0) is 17.6. The fourth-order valence-electron chi connectivity index (χ4n) is 2.07. The van der Waals surface area contributed by atoms with Gasteiger partial charge in [-0.15, -0.1) is 21.5 Å². The predicted octanol–water partition coefficient (Wildman–Crippen LogP) is 5.55. The molecule has 3 rings (SSSR count). The van der Waals surface area contributed by atoms with Gasteiger partial charge in [0, 0.05) is 17.1 Å². The maximum Gasteiger partial charge on any atom is 0.210 e. The van der Waals surface area contributed by atoms with Crippen LogP contribution >= 0.6 is 34.4 Å². The molecular formula is C17H20N4OS3. The van der Waals surface area contributed by atoms with Gasteiger partial charge in [-0.3, -0.25) is 0 Å². The van der Waals surface area contributed by atoms with Gasteiger partial charge < -0.3 is 10.1 Å². The van der Waals surface area contributed by atoms with Crippen molar-refractivity contribution in [3.05, 3.63) is 40.3 Å². The molecule has 0 aliphatic rings. The highest BCUT2D eigenvalue weighted by atomic mass is 32.2. The number of thioether (sulfide) groups is 1. The molecule has 132 valence electrons. The lowest BCUT2D eigenvalue weighted by atomic mass is 10.2. The molecule has 0 radical (unpaired) electrons. The number of rotatable bonds is 8. The van der Waals surface area contributed by atoms with E-state index in [2.05, 4.69) is 39.7 Å². The molecule has 0 amide bonds. The highest BCUT2D eigenvalue weighted by molar-refractivity contribution is 8.00. The number of anilines is 2. The molecule has 0 atom stereocenters. The highest BCUT2D eigenvalue weighted by Gasteiger charge is 2.10. The minimum absolute atomic E-state index is 0.478. The van der Waals surface area contributed by atoms with Crippen LogP contribution < -0.4 is 10.1 Å². The third-order valence-corrected chi connectivity index (χ3v) is 6.44. The van der Waals surface area contributed by atoms with Gasteiger partial charge in [-0.05, 0) is 19.1 Å². The second-order valence-electron chi connectivity index (χ2n) is 5.55. The molecule has 3 aromatic rings. The van der Waals surface area contributed by atoms with E-state index in [1.54, 1.807) is 23.1 Å². The molecule has 2 heterocycles. The minimum Gasteiger partial charge on any atom is -0.492 e. The quantitative estimate of drug-likeness (QED) is 0.507. The number of hydrogen-bond acceptors (Lipinski definition) is 8. The number of benzene rings is 1. The highest BCUT2D eigenvalue weighted by Crippen LogP contribution is 2.33. The number of nitrogens with zero attached hydrogens (tertiary/aromatic N) is 3. The molecule has 2 aromatic heterocycles. The zero-order valence-corrected chi connectivity index (χ0v) is 16.8. The average molecular weight is 393 g/mol. The second-order valence-corrected chi connectivity index (χ2v) is 8.64. The first-order valence-corrected chi connectivity index (χ1v) is 10.7. The number of para-hydroxylation sites is 2. The van der Waals surface area contributed by atoms with E-state index in [-0.39, 0.29) is 0 Å². The minimum atomic E-state index is 0.478. The summed E-state index contributed by atoms with van der Waals surface area (Å²) >= 11 is 4.92. The van der Waals surface area contributed by atoms with E-state index < -0.39 is 0 Å². The molecule has 5 nitrogen and oxygen atoms in total. The molecule has 25 heavy (non-hydrogen) atoms. The van der Waals surface area contributed by atoms with Gasteiger partial charge in [-0.25, -0.2) is 4.98 Å². The van der Waals surface area contributed by atoms with Crippen molar-refractivity contribution < 1.29 is 4.74 Å². The van der Waals surface area contributed by atoms with Gasteiger partial charge >= 0.3 is 0 Å². The molecule has 8 heteroatoms. The molecule has 0 unspecified atom stereocenters. The van der Waals surface area contributed by atoms with Crippen LogP contribution in [0.4, 0.5) is 10.8 Å². The fourth-order valence-corrected chi connectivity index (χ4v) is 4.67. The Morgan fingerprint density at radius 2 is 2.08 bits per heavy atom. The third-order valence-electron chi connectivity index (χ3n) is 3.24. The maximum atomic E-state index is 5.62. The molecule has 1 aromatic carbocycles. The lowest BCUT2D eigenvalue weighted by Crippen LogP contribution is -1.97. The summed E-state index contributed by atoms with van der Waals surface area (Å²) in [6.45, 7) is 6.93. The fraction of sp³-hybridized carbons (Fsp3) is 0.353. The van der Waals surface area contributed by atoms with Gasteiger partial charge in [-0.2, -0.15) is 0 Å². The van der Waals surface area contributed by atoms with E-state index in [1.807, 2.05) is 31.2 Å². The molecule has 0 bridgehead atoms. The summed E-state index contributed by atoms with van der Waals surface area (Å²) < 4.78 is 6.55. The number of hydrogen-bond donors (Lipinski definition) is 1. The summed E-state index contributed by atoms with van der Waals surface area (Å²) in [7, 11) is 0. The monoisotopic (exact) mass is 392 g/mol. The SMILES string of the molecule is CCOc1ccccc1Nc1nnc(SCc2csc(C(C)C)n2)s1. The Morgan fingerprint density at radius 1 is 1.24 bits per heavy atom. The van der Waals surface area contributed by atoms with Crippen LogP contribution in [0.2, 0.25) is 0 Å². The molecule has 0 aliphatic heterocycles. The summed E-state index contributed by atoms with van der Waals surface area (Å²) in [6, 6.07) is 7.84. The molecule has 1 N–H and O–H groups in total. The van der Waals surface area contributed by atoms with Crippen molar-refractivity contribution in [1.29, 1.82) is 0 Å². The van der Waals surface area contributed by atoms with Crippen molar-refractivity contribution in [1.82, 2.24) is 15.2 Å². The molecular weight excluding hydrogens is 372 g/mol. The van der Waals surface area contributed by atoms with Crippen LogP contribution in [0.5, 0.6) is 5.75 Å². The Labute approximate surface area is 159 Å². The van der Waals surface area contributed by atoms with E-state index >= 15 is 0 Å². The van der Waals surface area contributed by atoms with Gasteiger partial charge in [0.1, 0.15) is 5.75 Å². The summed E-state index contributed by atoms with van der Waals surface area (Å²) in [5.41, 5.74) is 2.00. The summed E-state index contributed by atoms with van der Waals surface area (Å²) in [6.07, 6.45) is 0. The van der Waals surface area contributed by atoms with Crippen molar-refractivity contribution in [2.45, 2.75) is 36.8 Å². The summed E-state index contributed by atoms with van der Waals surface area (Å²) in [5.74, 6) is 2.11. The summed E-state index contributed by atoms with van der Waals surface area (Å²) in [4.78, 5) is 4.65. The van der Waals surface area contributed by atoms with E-state index in [1.165, 1.54) is 16.3 Å². The van der Waals surface area contributed by atoms with Crippen molar-refractivity contribution in [2.24, 2.45) is 0 Å². The molecule has 0 fully saturated rings. The second kappa shape index (κ2) is 8.64. The van der Waals surface area contributed by atoms with Crippen LogP contribution in [-0.2, 0) is 5.75 Å². The van der Waals surface area contributed by atoms with Crippen molar-refractivity contribution in [3.8, 4) is 5.75 Å². The Hall–Kier alpha value is -1.64. The number of nitrogens with one attached hydrogen (secondary N) is 1. The third kappa shape index (κ3) is 4.93. The topological polar surface area (TPSA) is 59.9 Å². The van der Waals surface area contributed by atoms with Crippen LogP contribution in [0.3, 0.4) is 0 Å². The Morgan fingerprint density at radius 3 is 2.84 bits per heavy atom. The van der Waals surface area contributed by atoms with Crippen LogP contribution in [0, 0.1) is 0 Å². The van der Waals surface area contributed by atoms with Crippen LogP contribution in [0.1, 0.15) is 37.4 Å². The van der Waals surface area contributed by atoms with Crippen molar-refractivity contribution in [2.75, 3.05) is 11.9 Å². The lowest BCUT2D eigenvalue weighted by Gasteiger charge is -2.09. The first-order chi connectivity index (χ1) is 12.2. The van der Waals surface area contributed by atoms with Crippen LogP contribution in [-0.4, -0.2) is 21.8 Å². The van der Waals surface area contributed by atoms with E-state index in [0.29, 0.717) is 12.5 Å². The standard InChI is InChI=1S/C17H20N4OS3/c1-4-22-14-8-6-5-7-13(14)19-16-20-21-17(25-16)24-10-12-9-23-15(18-12)11(2)3/h5-9,11H,4,10H2,1-3H3,(H,19,20). The zero-order valence-electron chi connectivity index (χ0n) is 14.4. The molecule has 0 saturated carbocycles. The van der Waals surface area contributed by atoms with Crippen LogP contribution in [0.15, 0.2) is 34.0 Å². The van der Waals surface area contributed by atoms with Gasteiger partial charge in [-0.1, -0.05) is 49.1 Å². The Balaban J connectivity index is 1.60. The largest absolute Gasteiger partial charge is 0.492 e. The van der Waals surface area contributed by atoms with Crippen molar-refractivity contribution >= 4 is 45.3 Å². The molecule has 0 saturated heterocycles. The number of thiazole rings is 1. The lowest BCUT2D eigenvalue weighted by molar-refractivity contribution is 0.342. The Kier molecular flexibility index (Phi) is 6.28. The molecule has 0 spiro atoms. The van der Waals surface area contributed by atoms with E-state index in [4.69, 9.17) is 4.74 Å². The normalized spacial score (nSPS) is 11.0. The smallest absolute Gasteiger partial charge is 0.210 e. The van der Waals surface area contributed by atoms with E-state index in [9.17, 15) is 0 Å². The number of aromatic nitrogens is 3. The van der Waals surface area contributed by atoms with Gasteiger partial charge in [0.25, 0.3) is 0 Å². The Bertz CT molecular complexity index is 816. The average Bonchev–Trinajstić information content (AvgIpc) is 3.24. The summed E-state index contributed by atoms with van der Waals surface area (Å²) in [5, 5.41) is 15.8. The number of ether oxygens (including phenoxy) is 1. The van der Waals surface area contributed by atoms with Gasteiger partial charge in [0.05, 0.1) is 23.0 Å². The first-order valence-electron chi connectivity index (χ1n) is 8.05. The first kappa shape index (κ1) is 18.2. The van der Waals surface area contributed by atoms with Crippen molar-refractivity contribution in [3.63, 3.8) is 0 Å². The van der Waals surface area contributed by atoms with Gasteiger partial charge in [0.2, 0.25) is 5.13 Å². The molecule has 0 aliphatic carbocycles. The maximum absolute atomic E-state index is 5.62. The van der Waals surface area contributed by atoms with E-state index in [0.717, 1.165) is 32.4 Å². The predicted molar refractivity (Wildman–Crippen MR) is 107 cm³/mol. The van der Waals surface area contributed by atoms with Crippen LogP contribution in [0.25, 0.3) is 0 Å².